The van der Waals surface area contributed by atoms with Crippen molar-refractivity contribution in [3.05, 3.63) is 143 Å². The van der Waals surface area contributed by atoms with E-state index in [9.17, 15) is 10.5 Å². The molecule has 0 radical (unpaired) electrons. The van der Waals surface area contributed by atoms with Crippen LogP contribution in [-0.2, 0) is 0 Å². The van der Waals surface area contributed by atoms with Crippen LogP contribution in [0.2, 0.25) is 0 Å². The molecule has 6 aromatic carbocycles. The normalized spacial score (nSPS) is 11.4. The van der Waals surface area contributed by atoms with Crippen LogP contribution in [0, 0.1) is 50.4 Å². The fourth-order valence-electron chi connectivity index (χ4n) is 7.52. The first-order valence-corrected chi connectivity index (χ1v) is 15.5. The Hall–Kier alpha value is -6.10. The number of hydrogen-bond donors (Lipinski definition) is 0. The first-order chi connectivity index (χ1) is 22.4. The summed E-state index contributed by atoms with van der Waals surface area (Å²) in [4.78, 5) is 0. The van der Waals surface area contributed by atoms with Gasteiger partial charge in [0.25, 0.3) is 0 Å². The average molecular weight is 591 g/mol. The van der Waals surface area contributed by atoms with Crippen LogP contribution in [-0.4, -0.2) is 9.13 Å². The van der Waals surface area contributed by atoms with Crippen molar-refractivity contribution in [1.82, 2.24) is 9.13 Å². The Kier molecular flexibility index (Phi) is 6.11. The number of aryl methyl sites for hydroxylation is 4. The molecule has 0 aliphatic rings. The molecule has 4 heteroatoms. The van der Waals surface area contributed by atoms with Crippen LogP contribution in [0.1, 0.15) is 33.4 Å². The van der Waals surface area contributed by atoms with Crippen molar-refractivity contribution in [3.8, 4) is 34.6 Å². The van der Waals surface area contributed by atoms with Crippen LogP contribution >= 0.6 is 0 Å². The van der Waals surface area contributed by atoms with Gasteiger partial charge in [-0.2, -0.15) is 10.5 Å². The van der Waals surface area contributed by atoms with E-state index in [4.69, 9.17) is 0 Å². The second-order valence-electron chi connectivity index (χ2n) is 12.2. The lowest BCUT2D eigenvalue weighted by molar-refractivity contribution is 1.11. The van der Waals surface area contributed by atoms with E-state index < -0.39 is 0 Å². The molecule has 8 rings (SSSR count). The van der Waals surface area contributed by atoms with Crippen LogP contribution in [0.5, 0.6) is 0 Å². The van der Waals surface area contributed by atoms with Gasteiger partial charge in [-0.1, -0.05) is 78.9 Å². The number of rotatable bonds is 3. The number of nitrogens with zero attached hydrogens (tertiary/aromatic N) is 4. The van der Waals surface area contributed by atoms with Gasteiger partial charge in [-0.25, -0.2) is 0 Å². The van der Waals surface area contributed by atoms with E-state index in [2.05, 4.69) is 140 Å². The van der Waals surface area contributed by atoms with E-state index in [0.717, 1.165) is 55.3 Å². The molecule has 0 amide bonds. The summed E-state index contributed by atoms with van der Waals surface area (Å²) in [6, 6.07) is 42.7. The molecular formula is C42H30N4. The lowest BCUT2D eigenvalue weighted by atomic mass is 9.95. The number of nitriles is 2. The largest absolute Gasteiger partial charge is 0.308 e. The molecule has 218 valence electrons. The van der Waals surface area contributed by atoms with E-state index in [0.29, 0.717) is 11.1 Å². The fraction of sp³-hybridized carbons (Fsp3) is 0.0952. The van der Waals surface area contributed by atoms with Crippen molar-refractivity contribution in [2.24, 2.45) is 0 Å². The summed E-state index contributed by atoms with van der Waals surface area (Å²) < 4.78 is 4.84. The Labute approximate surface area is 267 Å². The molecule has 4 nitrogen and oxygen atoms in total. The lowest BCUT2D eigenvalue weighted by Gasteiger charge is -2.20. The third-order valence-electron chi connectivity index (χ3n) is 9.47. The third-order valence-corrected chi connectivity index (χ3v) is 9.47. The molecule has 0 fully saturated rings. The van der Waals surface area contributed by atoms with Gasteiger partial charge in [-0.15, -0.1) is 0 Å². The minimum absolute atomic E-state index is 0.370. The molecule has 0 aliphatic heterocycles. The minimum atomic E-state index is 0.370. The molecule has 46 heavy (non-hydrogen) atoms. The van der Waals surface area contributed by atoms with Crippen molar-refractivity contribution < 1.29 is 0 Å². The predicted octanol–water partition coefficient (Wildman–Crippen LogP) is 10.5. The number of para-hydroxylation sites is 4. The van der Waals surface area contributed by atoms with E-state index in [1.807, 2.05) is 12.1 Å². The predicted molar refractivity (Wildman–Crippen MR) is 189 cm³/mol. The molecule has 2 heterocycles. The van der Waals surface area contributed by atoms with Crippen LogP contribution in [0.15, 0.2) is 109 Å². The SMILES string of the molecule is Cc1cccc(C)c1-n1c2ccccc2c2cc3c4ccccc4n(-c4c(C)cccc4C)c3c(-c3ccc(C#N)c(C#N)c3)c21. The van der Waals surface area contributed by atoms with Crippen LogP contribution in [0.4, 0.5) is 0 Å². The Morgan fingerprint density at radius 3 is 1.37 bits per heavy atom. The smallest absolute Gasteiger partial charge is 0.101 e. The zero-order valence-electron chi connectivity index (χ0n) is 26.2. The quantitative estimate of drug-likeness (QED) is 0.206. The maximum Gasteiger partial charge on any atom is 0.101 e. The van der Waals surface area contributed by atoms with Gasteiger partial charge >= 0.3 is 0 Å². The highest BCUT2D eigenvalue weighted by molar-refractivity contribution is 6.26. The number of aromatic nitrogens is 2. The summed E-state index contributed by atoms with van der Waals surface area (Å²) in [5, 5.41) is 24.6. The second kappa shape index (κ2) is 10.2. The van der Waals surface area contributed by atoms with Crippen molar-refractivity contribution in [2.75, 3.05) is 0 Å². The van der Waals surface area contributed by atoms with Gasteiger partial charge in [-0.3, -0.25) is 0 Å². The molecule has 0 atom stereocenters. The third kappa shape index (κ3) is 3.78. The number of fused-ring (bicyclic) bond motifs is 6. The van der Waals surface area contributed by atoms with Gasteiger partial charge in [0.2, 0.25) is 0 Å². The molecule has 0 saturated carbocycles. The molecule has 0 unspecified atom stereocenters. The zero-order valence-corrected chi connectivity index (χ0v) is 26.2. The standard InChI is InChI=1S/C42H30N4/c1-25-11-9-12-26(2)39(25)45-36-17-7-5-15-32(36)34-22-35-33-16-6-8-18-37(33)46(40-27(3)13-10-14-28(40)4)42(35)38(41(34)45)29-19-20-30(23-43)31(21-29)24-44/h5-22H,1-4H3. The van der Waals surface area contributed by atoms with E-state index >= 15 is 0 Å². The maximum absolute atomic E-state index is 10.2. The van der Waals surface area contributed by atoms with Crippen molar-refractivity contribution in [2.45, 2.75) is 27.7 Å². The van der Waals surface area contributed by atoms with E-state index in [-0.39, 0.29) is 0 Å². The van der Waals surface area contributed by atoms with Gasteiger partial charge in [0.05, 0.1) is 44.6 Å². The average Bonchev–Trinajstić information content (AvgIpc) is 3.56. The molecule has 2 aromatic heterocycles. The fourth-order valence-corrected chi connectivity index (χ4v) is 7.52. The van der Waals surface area contributed by atoms with E-state index in [1.54, 1.807) is 6.07 Å². The number of hydrogen-bond acceptors (Lipinski definition) is 2. The zero-order chi connectivity index (χ0) is 31.7. The van der Waals surface area contributed by atoms with Crippen LogP contribution in [0.3, 0.4) is 0 Å². The van der Waals surface area contributed by atoms with Gasteiger partial charge in [0.15, 0.2) is 0 Å². The molecule has 0 bridgehead atoms. The summed E-state index contributed by atoms with van der Waals surface area (Å²) in [5.41, 5.74) is 14.1. The molecule has 8 aromatic rings. The van der Waals surface area contributed by atoms with E-state index in [1.165, 1.54) is 33.0 Å². The minimum Gasteiger partial charge on any atom is -0.308 e. The van der Waals surface area contributed by atoms with Crippen LogP contribution < -0.4 is 0 Å². The van der Waals surface area contributed by atoms with Crippen molar-refractivity contribution in [3.63, 3.8) is 0 Å². The van der Waals surface area contributed by atoms with Crippen LogP contribution in [0.25, 0.3) is 66.1 Å². The first kappa shape index (κ1) is 27.4. The molecular weight excluding hydrogens is 560 g/mol. The highest BCUT2D eigenvalue weighted by Gasteiger charge is 2.26. The second-order valence-corrected chi connectivity index (χ2v) is 12.2. The molecule has 0 spiro atoms. The Morgan fingerprint density at radius 2 is 0.913 bits per heavy atom. The Morgan fingerprint density at radius 1 is 0.457 bits per heavy atom. The summed E-state index contributed by atoms with van der Waals surface area (Å²) in [5.74, 6) is 0. The van der Waals surface area contributed by atoms with Gasteiger partial charge < -0.3 is 9.13 Å². The summed E-state index contributed by atoms with van der Waals surface area (Å²) in [6.07, 6.45) is 0. The Bertz CT molecular complexity index is 2470. The highest BCUT2D eigenvalue weighted by Crippen LogP contribution is 2.47. The monoisotopic (exact) mass is 590 g/mol. The van der Waals surface area contributed by atoms with Crippen molar-refractivity contribution >= 4 is 43.6 Å². The summed E-state index contributed by atoms with van der Waals surface area (Å²) in [6.45, 7) is 8.68. The highest BCUT2D eigenvalue weighted by atomic mass is 15.0. The van der Waals surface area contributed by atoms with Gasteiger partial charge in [-0.05, 0) is 85.8 Å². The summed E-state index contributed by atoms with van der Waals surface area (Å²) >= 11 is 0. The first-order valence-electron chi connectivity index (χ1n) is 15.5. The number of benzene rings is 6. The summed E-state index contributed by atoms with van der Waals surface area (Å²) in [7, 11) is 0. The molecule has 0 saturated heterocycles. The van der Waals surface area contributed by atoms with Crippen molar-refractivity contribution in [1.29, 1.82) is 10.5 Å². The lowest BCUT2D eigenvalue weighted by Crippen LogP contribution is -2.04. The van der Waals surface area contributed by atoms with Gasteiger partial charge in [0, 0.05) is 27.1 Å². The topological polar surface area (TPSA) is 57.4 Å². The molecule has 0 aliphatic carbocycles. The Balaban J connectivity index is 1.73. The maximum atomic E-state index is 10.2. The van der Waals surface area contributed by atoms with Gasteiger partial charge in [0.1, 0.15) is 12.1 Å². The molecule has 0 N–H and O–H groups in total.